The van der Waals surface area contributed by atoms with Crippen LogP contribution >= 0.6 is 51.2 Å². The number of aliphatic imine (C=N–C) groups is 1. The molecule has 0 aliphatic carbocycles. The van der Waals surface area contributed by atoms with Gasteiger partial charge in [0.05, 0.1) is 23.8 Å². The molecule has 0 unspecified atom stereocenters. The fourth-order valence-electron chi connectivity index (χ4n) is 2.11. The molecule has 1 aromatic carbocycles. The monoisotopic (exact) mass is 538 g/mol. The summed E-state index contributed by atoms with van der Waals surface area (Å²) in [4.78, 5) is 10.3. The number of thiazole rings is 1. The minimum Gasteiger partial charge on any atom is -0.492 e. The molecule has 1 heterocycles. The number of rotatable bonds is 7. The fraction of sp³-hybridized carbons (Fsp3) is 0.412. The first kappa shape index (κ1) is 22.2. The smallest absolute Gasteiger partial charge is 0.191 e. The Bertz CT molecular complexity index is 693. The van der Waals surface area contributed by atoms with Crippen molar-refractivity contribution in [1.82, 2.24) is 15.6 Å². The number of nitrogens with zero attached hydrogens (tertiary/aromatic N) is 2. The third-order valence-electron chi connectivity index (χ3n) is 3.18. The zero-order chi connectivity index (χ0) is 17.4. The summed E-state index contributed by atoms with van der Waals surface area (Å²) in [7, 11) is 0. The summed E-state index contributed by atoms with van der Waals surface area (Å²) >= 11 is 5.13. The van der Waals surface area contributed by atoms with Gasteiger partial charge in [0.25, 0.3) is 0 Å². The maximum atomic E-state index is 5.72. The van der Waals surface area contributed by atoms with E-state index in [1.54, 1.807) is 11.3 Å². The Hall–Kier alpha value is -0.870. The molecule has 8 heteroatoms. The van der Waals surface area contributed by atoms with Crippen molar-refractivity contribution < 1.29 is 4.74 Å². The number of ether oxygens (including phenoxy) is 1. The second-order valence-corrected chi connectivity index (χ2v) is 7.37. The molecule has 0 amide bonds. The molecule has 0 fully saturated rings. The van der Waals surface area contributed by atoms with Crippen LogP contribution in [0.25, 0.3) is 0 Å². The average Bonchev–Trinajstić information content (AvgIpc) is 2.87. The van der Waals surface area contributed by atoms with E-state index in [9.17, 15) is 0 Å². The molecule has 0 atom stereocenters. The number of hydrogen-bond acceptors (Lipinski definition) is 4. The minimum atomic E-state index is 0. The molecule has 1 aromatic heterocycles. The van der Waals surface area contributed by atoms with Gasteiger partial charge in [-0.05, 0) is 39.0 Å². The molecular formula is C17H24BrIN4OS. The molecule has 25 heavy (non-hydrogen) atoms. The Morgan fingerprint density at radius 2 is 2.12 bits per heavy atom. The van der Waals surface area contributed by atoms with Crippen molar-refractivity contribution in [3.63, 3.8) is 0 Å². The van der Waals surface area contributed by atoms with Crippen LogP contribution in [0.15, 0.2) is 33.7 Å². The third kappa shape index (κ3) is 7.91. The molecule has 0 aliphatic heterocycles. The average molecular weight is 539 g/mol. The number of benzene rings is 1. The Labute approximate surface area is 178 Å². The van der Waals surface area contributed by atoms with E-state index < -0.39 is 0 Å². The van der Waals surface area contributed by atoms with Crippen LogP contribution in [0.1, 0.15) is 22.5 Å². The van der Waals surface area contributed by atoms with E-state index in [4.69, 9.17) is 4.74 Å². The van der Waals surface area contributed by atoms with Crippen LogP contribution in [0.5, 0.6) is 5.75 Å². The number of aryl methyl sites for hydroxylation is 2. The van der Waals surface area contributed by atoms with Gasteiger partial charge in [-0.2, -0.15) is 0 Å². The van der Waals surface area contributed by atoms with Crippen LogP contribution in [0.3, 0.4) is 0 Å². The Morgan fingerprint density at radius 1 is 1.32 bits per heavy atom. The summed E-state index contributed by atoms with van der Waals surface area (Å²) in [6, 6.07) is 7.83. The molecule has 0 aliphatic rings. The standard InChI is InChI=1S/C17H23BrN4OS.HI/c1-4-19-17(21-11-16-12(2)22-13(3)24-16)20-8-9-23-15-7-5-6-14(18)10-15;/h5-7,10H,4,8-9,11H2,1-3H3,(H2,19,20,21);1H. The van der Waals surface area contributed by atoms with E-state index in [0.29, 0.717) is 19.7 Å². The molecule has 0 saturated carbocycles. The Balaban J connectivity index is 0.00000312. The topological polar surface area (TPSA) is 58.5 Å². The number of aromatic nitrogens is 1. The highest BCUT2D eigenvalue weighted by Crippen LogP contribution is 2.18. The molecule has 5 nitrogen and oxygen atoms in total. The number of hydrogen-bond donors (Lipinski definition) is 2. The first-order valence-corrected chi connectivity index (χ1v) is 9.53. The molecular weight excluding hydrogens is 515 g/mol. The van der Waals surface area contributed by atoms with Crippen molar-refractivity contribution in [2.24, 2.45) is 4.99 Å². The van der Waals surface area contributed by atoms with Crippen LogP contribution in [0, 0.1) is 13.8 Å². The van der Waals surface area contributed by atoms with E-state index in [1.807, 2.05) is 38.1 Å². The number of nitrogens with one attached hydrogen (secondary N) is 2. The summed E-state index contributed by atoms with van der Waals surface area (Å²) in [6.07, 6.45) is 0. The molecule has 0 bridgehead atoms. The van der Waals surface area contributed by atoms with E-state index in [2.05, 4.69) is 43.5 Å². The second kappa shape index (κ2) is 11.7. The van der Waals surface area contributed by atoms with Crippen molar-refractivity contribution in [3.05, 3.63) is 44.3 Å². The van der Waals surface area contributed by atoms with Crippen molar-refractivity contribution in [3.8, 4) is 5.75 Å². The summed E-state index contributed by atoms with van der Waals surface area (Å²) in [5.41, 5.74) is 1.06. The molecule has 0 saturated heterocycles. The molecule has 0 spiro atoms. The predicted molar refractivity (Wildman–Crippen MR) is 119 cm³/mol. The van der Waals surface area contributed by atoms with Gasteiger partial charge in [-0.25, -0.2) is 9.98 Å². The summed E-state index contributed by atoms with van der Waals surface area (Å²) in [5.74, 6) is 1.64. The van der Waals surface area contributed by atoms with E-state index >= 15 is 0 Å². The first-order chi connectivity index (χ1) is 11.6. The summed E-state index contributed by atoms with van der Waals surface area (Å²) in [5, 5.41) is 7.62. The van der Waals surface area contributed by atoms with Crippen molar-refractivity contribution in [2.45, 2.75) is 27.3 Å². The van der Waals surface area contributed by atoms with Gasteiger partial charge in [-0.3, -0.25) is 0 Å². The highest BCUT2D eigenvalue weighted by atomic mass is 127. The van der Waals surface area contributed by atoms with Gasteiger partial charge in [0.15, 0.2) is 5.96 Å². The SMILES string of the molecule is CCNC(=NCc1sc(C)nc1C)NCCOc1cccc(Br)c1.I. The lowest BCUT2D eigenvalue weighted by molar-refractivity contribution is 0.321. The van der Waals surface area contributed by atoms with Crippen LogP contribution in [-0.4, -0.2) is 30.6 Å². The molecule has 2 N–H and O–H groups in total. The highest BCUT2D eigenvalue weighted by Gasteiger charge is 2.05. The van der Waals surface area contributed by atoms with Crippen molar-refractivity contribution >= 4 is 57.2 Å². The molecule has 138 valence electrons. The maximum Gasteiger partial charge on any atom is 0.191 e. The fourth-order valence-corrected chi connectivity index (χ4v) is 3.35. The normalized spacial score (nSPS) is 11.0. The lowest BCUT2D eigenvalue weighted by Crippen LogP contribution is -2.39. The van der Waals surface area contributed by atoms with Gasteiger partial charge in [0.2, 0.25) is 0 Å². The predicted octanol–water partition coefficient (Wildman–Crippen LogP) is 4.27. The number of halogens is 2. The Kier molecular flexibility index (Phi) is 10.4. The van der Waals surface area contributed by atoms with Crippen LogP contribution in [0.4, 0.5) is 0 Å². The minimum absolute atomic E-state index is 0. The third-order valence-corrected chi connectivity index (χ3v) is 4.73. The highest BCUT2D eigenvalue weighted by molar-refractivity contribution is 14.0. The van der Waals surface area contributed by atoms with Gasteiger partial charge < -0.3 is 15.4 Å². The van der Waals surface area contributed by atoms with Crippen molar-refractivity contribution in [2.75, 3.05) is 19.7 Å². The van der Waals surface area contributed by atoms with Crippen molar-refractivity contribution in [1.29, 1.82) is 0 Å². The van der Waals surface area contributed by atoms with Crippen LogP contribution in [0.2, 0.25) is 0 Å². The van der Waals surface area contributed by atoms with E-state index in [-0.39, 0.29) is 24.0 Å². The summed E-state index contributed by atoms with van der Waals surface area (Å²) in [6.45, 7) is 8.81. The van der Waals surface area contributed by atoms with Gasteiger partial charge in [0, 0.05) is 15.9 Å². The van der Waals surface area contributed by atoms with E-state index in [0.717, 1.165) is 33.4 Å². The molecule has 0 radical (unpaired) electrons. The van der Waals surface area contributed by atoms with Crippen LogP contribution < -0.4 is 15.4 Å². The quantitative estimate of drug-likeness (QED) is 0.239. The van der Waals surface area contributed by atoms with Gasteiger partial charge in [-0.15, -0.1) is 35.3 Å². The number of guanidine groups is 1. The van der Waals surface area contributed by atoms with E-state index in [1.165, 1.54) is 4.88 Å². The first-order valence-electron chi connectivity index (χ1n) is 7.92. The zero-order valence-electron chi connectivity index (χ0n) is 14.6. The second-order valence-electron chi connectivity index (χ2n) is 5.17. The molecule has 2 aromatic rings. The van der Waals surface area contributed by atoms with Gasteiger partial charge >= 0.3 is 0 Å². The maximum absolute atomic E-state index is 5.72. The lowest BCUT2D eigenvalue weighted by Gasteiger charge is -2.12. The Morgan fingerprint density at radius 3 is 2.76 bits per heavy atom. The lowest BCUT2D eigenvalue weighted by atomic mass is 10.3. The van der Waals surface area contributed by atoms with Crippen LogP contribution in [-0.2, 0) is 6.54 Å². The zero-order valence-corrected chi connectivity index (χ0v) is 19.4. The van der Waals surface area contributed by atoms with Gasteiger partial charge in [0.1, 0.15) is 12.4 Å². The summed E-state index contributed by atoms with van der Waals surface area (Å²) < 4.78 is 6.73. The molecule has 2 rings (SSSR count). The van der Waals surface area contributed by atoms with Gasteiger partial charge in [-0.1, -0.05) is 22.0 Å². The largest absolute Gasteiger partial charge is 0.492 e.